The Hall–Kier alpha value is -3.54. The van der Waals surface area contributed by atoms with Crippen LogP contribution in [0.2, 0.25) is 0 Å². The molecule has 0 fully saturated rings. The molecule has 1 unspecified atom stereocenters. The van der Waals surface area contributed by atoms with E-state index in [0.29, 0.717) is 0 Å². The normalized spacial score (nSPS) is 15.8. The van der Waals surface area contributed by atoms with Gasteiger partial charge in [0.1, 0.15) is 0 Å². The highest BCUT2D eigenvalue weighted by atomic mass is 32.1. The summed E-state index contributed by atoms with van der Waals surface area (Å²) in [5, 5.41) is 3.91. The fourth-order valence-electron chi connectivity index (χ4n) is 5.29. The number of rotatable bonds is 5. The Labute approximate surface area is 242 Å². The number of fused-ring (bicyclic) bond motifs is 5. The first kappa shape index (κ1) is 26.7. The average Bonchev–Trinajstić information content (AvgIpc) is 3.32. The average molecular weight is 544 g/mol. The number of nitrogens with zero attached hydrogens (tertiary/aromatic N) is 1. The molecule has 0 saturated heterocycles. The molecule has 5 heteroatoms. The maximum absolute atomic E-state index is 6.58. The van der Waals surface area contributed by atoms with Gasteiger partial charge in [0.15, 0.2) is 0 Å². The Morgan fingerprint density at radius 3 is 2.27 bits per heavy atom. The zero-order valence-corrected chi connectivity index (χ0v) is 25.0. The molecule has 3 nitrogen and oxygen atoms in total. The van der Waals surface area contributed by atoms with Gasteiger partial charge in [0.25, 0.3) is 0 Å². The summed E-state index contributed by atoms with van der Waals surface area (Å²) in [5.74, 6) is 0. The molecule has 1 aliphatic rings. The van der Waals surface area contributed by atoms with Crippen LogP contribution in [0.1, 0.15) is 63.6 Å². The van der Waals surface area contributed by atoms with E-state index in [2.05, 4.69) is 125 Å². The van der Waals surface area contributed by atoms with Gasteiger partial charge >= 0.3 is 7.48 Å². The molecule has 0 aliphatic carbocycles. The van der Waals surface area contributed by atoms with Crippen molar-refractivity contribution in [3.8, 4) is 0 Å². The number of anilines is 2. The predicted molar refractivity (Wildman–Crippen MR) is 175 cm³/mol. The zero-order chi connectivity index (χ0) is 28.2. The largest absolute Gasteiger partial charge is 0.429 e. The Balaban J connectivity index is 1.47. The van der Waals surface area contributed by atoms with E-state index < -0.39 is 0 Å². The Morgan fingerprint density at radius 1 is 0.850 bits per heavy atom. The van der Waals surface area contributed by atoms with Gasteiger partial charge in [0.2, 0.25) is 0 Å². The van der Waals surface area contributed by atoms with Crippen molar-refractivity contribution in [1.29, 1.82) is 0 Å². The molecule has 1 aromatic heterocycles. The van der Waals surface area contributed by atoms with E-state index in [1.807, 2.05) is 31.0 Å². The van der Waals surface area contributed by atoms with Crippen LogP contribution in [0.4, 0.5) is 11.4 Å². The van der Waals surface area contributed by atoms with Gasteiger partial charge in [-0.2, -0.15) is 0 Å². The molecule has 1 atom stereocenters. The number of para-hydroxylation sites is 2. The highest BCUT2D eigenvalue weighted by Crippen LogP contribution is 2.49. The first-order valence-electron chi connectivity index (χ1n) is 14.0. The lowest BCUT2D eigenvalue weighted by Gasteiger charge is -2.39. The second kappa shape index (κ2) is 9.83. The minimum atomic E-state index is -0.284. The summed E-state index contributed by atoms with van der Waals surface area (Å²) in [6, 6.07) is 30.2. The predicted octanol–water partition coefficient (Wildman–Crippen LogP) is 8.80. The maximum atomic E-state index is 6.58. The molecule has 201 valence electrons. The molecule has 2 heterocycles. The summed E-state index contributed by atoms with van der Waals surface area (Å²) in [5.41, 5.74) is 12.8. The quantitative estimate of drug-likeness (QED) is 0.178. The van der Waals surface area contributed by atoms with E-state index in [1.54, 1.807) is 0 Å². The summed E-state index contributed by atoms with van der Waals surface area (Å²) in [6.45, 7) is 13.2. The van der Waals surface area contributed by atoms with Gasteiger partial charge in [-0.05, 0) is 66.8 Å². The summed E-state index contributed by atoms with van der Waals surface area (Å²) in [4.78, 5) is 3.76. The smallest absolute Gasteiger partial charge is 0.330 e. The molecule has 0 saturated carbocycles. The van der Waals surface area contributed by atoms with Gasteiger partial charge in [-0.1, -0.05) is 93.0 Å². The molecule has 0 amide bonds. The standard InChI is InChI=1S/C35H36BN2OS/c1-22-33-27(32-26-12-8-7-11-23(26)17-20-31(32)40-33)21-30(38(22)29-14-10-9-13-28(29)37)24-15-18-25(19-16-24)36-39-35(5,6)34(2,3)4/h7-22H,37H2,1-6H3. The van der Waals surface area contributed by atoms with E-state index in [1.165, 1.54) is 31.3 Å². The molecule has 4 aromatic carbocycles. The lowest BCUT2D eigenvalue weighted by Crippen LogP contribution is -2.42. The van der Waals surface area contributed by atoms with Crippen LogP contribution in [0.3, 0.4) is 0 Å². The third kappa shape index (κ3) is 4.51. The Kier molecular flexibility index (Phi) is 6.56. The van der Waals surface area contributed by atoms with E-state index in [9.17, 15) is 0 Å². The highest BCUT2D eigenvalue weighted by Gasteiger charge is 2.34. The summed E-state index contributed by atoms with van der Waals surface area (Å²) in [7, 11) is 1.89. The second-order valence-corrected chi connectivity index (χ2v) is 13.4. The first-order chi connectivity index (χ1) is 19.0. The molecule has 2 N–H and O–H groups in total. The molecular weight excluding hydrogens is 507 g/mol. The SMILES string of the molecule is CC1c2sc3ccc4ccccc4c3c2C=C(c2ccc([B]OC(C)(C)C(C)(C)C)cc2)N1c1ccccc1N. The van der Waals surface area contributed by atoms with Crippen LogP contribution >= 0.6 is 11.3 Å². The van der Waals surface area contributed by atoms with Crippen LogP contribution in [0.15, 0.2) is 84.9 Å². The molecule has 6 rings (SSSR count). The van der Waals surface area contributed by atoms with Gasteiger partial charge in [-0.15, -0.1) is 11.3 Å². The molecule has 1 radical (unpaired) electrons. The van der Waals surface area contributed by atoms with Crippen LogP contribution in [0.5, 0.6) is 0 Å². The first-order valence-corrected chi connectivity index (χ1v) is 14.8. The van der Waals surface area contributed by atoms with Crippen LogP contribution in [-0.2, 0) is 4.65 Å². The van der Waals surface area contributed by atoms with Crippen LogP contribution in [0, 0.1) is 5.41 Å². The van der Waals surface area contributed by atoms with Gasteiger partial charge < -0.3 is 15.3 Å². The van der Waals surface area contributed by atoms with E-state index >= 15 is 0 Å². The number of hydrogen-bond acceptors (Lipinski definition) is 4. The lowest BCUT2D eigenvalue weighted by molar-refractivity contribution is 0.00504. The summed E-state index contributed by atoms with van der Waals surface area (Å²) < 4.78 is 7.57. The van der Waals surface area contributed by atoms with Crippen molar-refractivity contribution in [3.05, 3.63) is 101 Å². The number of thiophene rings is 1. The summed E-state index contributed by atoms with van der Waals surface area (Å²) >= 11 is 1.89. The zero-order valence-electron chi connectivity index (χ0n) is 24.2. The molecular formula is C35H36BN2OS. The van der Waals surface area contributed by atoms with Crippen LogP contribution in [0.25, 0.3) is 32.6 Å². The van der Waals surface area contributed by atoms with Crippen molar-refractivity contribution in [2.45, 2.75) is 53.2 Å². The molecule has 0 bridgehead atoms. The summed E-state index contributed by atoms with van der Waals surface area (Å²) in [6.07, 6.45) is 2.37. The van der Waals surface area contributed by atoms with Gasteiger partial charge in [-0.25, -0.2) is 0 Å². The fraction of sp³-hybridized carbons (Fsp3) is 0.257. The Bertz CT molecular complexity index is 1740. The molecule has 1 aliphatic heterocycles. The van der Waals surface area contributed by atoms with Crippen molar-refractivity contribution in [2.24, 2.45) is 5.41 Å². The Morgan fingerprint density at radius 2 is 1.55 bits per heavy atom. The van der Waals surface area contributed by atoms with Gasteiger partial charge in [0, 0.05) is 26.2 Å². The number of nitrogens with two attached hydrogens (primary N) is 1. The minimum absolute atomic E-state index is 0.0216. The van der Waals surface area contributed by atoms with Crippen LogP contribution < -0.4 is 16.1 Å². The lowest BCUT2D eigenvalue weighted by atomic mass is 9.76. The maximum Gasteiger partial charge on any atom is 0.330 e. The molecule has 5 aromatic rings. The second-order valence-electron chi connectivity index (χ2n) is 12.3. The molecule has 40 heavy (non-hydrogen) atoms. The van der Waals surface area contributed by atoms with Crippen molar-refractivity contribution < 1.29 is 4.65 Å². The van der Waals surface area contributed by atoms with Crippen molar-refractivity contribution in [3.63, 3.8) is 0 Å². The van der Waals surface area contributed by atoms with E-state index in [-0.39, 0.29) is 17.1 Å². The third-order valence-electron chi connectivity index (χ3n) is 8.65. The van der Waals surface area contributed by atoms with E-state index in [0.717, 1.165) is 28.1 Å². The fourth-order valence-corrected chi connectivity index (χ4v) is 6.53. The molecule has 0 spiro atoms. The minimum Gasteiger partial charge on any atom is -0.429 e. The third-order valence-corrected chi connectivity index (χ3v) is 9.99. The van der Waals surface area contributed by atoms with Crippen molar-refractivity contribution >= 4 is 68.3 Å². The highest BCUT2D eigenvalue weighted by molar-refractivity contribution is 7.19. The number of benzene rings is 4. The van der Waals surface area contributed by atoms with E-state index in [4.69, 9.17) is 10.4 Å². The monoisotopic (exact) mass is 543 g/mol. The van der Waals surface area contributed by atoms with Crippen molar-refractivity contribution in [1.82, 2.24) is 0 Å². The van der Waals surface area contributed by atoms with Crippen molar-refractivity contribution in [2.75, 3.05) is 10.6 Å². The van der Waals surface area contributed by atoms with Gasteiger partial charge in [-0.3, -0.25) is 0 Å². The topological polar surface area (TPSA) is 38.5 Å². The number of hydrogen-bond donors (Lipinski definition) is 1. The van der Waals surface area contributed by atoms with Gasteiger partial charge in [0.05, 0.1) is 23.0 Å². The van der Waals surface area contributed by atoms with Crippen LogP contribution in [-0.4, -0.2) is 13.1 Å². The number of nitrogen functional groups attached to an aromatic ring is 1.